The molecule has 1 heterocycles. The summed E-state index contributed by atoms with van der Waals surface area (Å²) in [5.74, 6) is 0. The monoisotopic (exact) mass is 134 g/mol. The molecule has 1 aromatic heterocycles. The van der Waals surface area contributed by atoms with Crippen molar-refractivity contribution in [2.45, 2.75) is 19.4 Å². The Morgan fingerprint density at radius 2 is 1.80 bits per heavy atom. The number of hydrogen-bond acceptors (Lipinski definition) is 1. The Balaban J connectivity index is 2.99. The fourth-order valence-electron chi connectivity index (χ4n) is 0.765. The first kappa shape index (κ1) is 6.88. The highest BCUT2D eigenvalue weighted by Gasteiger charge is 2.16. The molecule has 0 spiro atoms. The van der Waals surface area contributed by atoms with Gasteiger partial charge in [0.05, 0.1) is 6.07 Å². The van der Waals surface area contributed by atoms with E-state index in [0.29, 0.717) is 0 Å². The number of nitriles is 1. The third-order valence-electron chi connectivity index (χ3n) is 1.52. The predicted molar refractivity (Wildman–Crippen MR) is 39.4 cm³/mol. The van der Waals surface area contributed by atoms with Crippen LogP contribution in [0.2, 0.25) is 0 Å². The van der Waals surface area contributed by atoms with Gasteiger partial charge in [0, 0.05) is 12.4 Å². The van der Waals surface area contributed by atoms with Crippen LogP contribution in [0.5, 0.6) is 0 Å². The molecule has 0 aliphatic carbocycles. The van der Waals surface area contributed by atoms with E-state index in [2.05, 4.69) is 6.07 Å². The van der Waals surface area contributed by atoms with Crippen molar-refractivity contribution in [3.05, 3.63) is 24.5 Å². The average Bonchev–Trinajstić information content (AvgIpc) is 2.38. The largest absolute Gasteiger partial charge is 0.336 e. The Kier molecular flexibility index (Phi) is 1.50. The van der Waals surface area contributed by atoms with E-state index in [1.165, 1.54) is 0 Å². The molecule has 0 radical (unpaired) electrons. The molecule has 2 nitrogen and oxygen atoms in total. The SMILES string of the molecule is CC(C)(C#N)n1cccc1. The quantitative estimate of drug-likeness (QED) is 0.575. The second-order valence-corrected chi connectivity index (χ2v) is 2.76. The first-order valence-corrected chi connectivity index (χ1v) is 3.21. The van der Waals surface area contributed by atoms with Crippen LogP contribution >= 0.6 is 0 Å². The van der Waals surface area contributed by atoms with Gasteiger partial charge in [0.15, 0.2) is 0 Å². The van der Waals surface area contributed by atoms with Crippen molar-refractivity contribution in [1.29, 1.82) is 5.26 Å². The Morgan fingerprint density at radius 3 is 2.20 bits per heavy atom. The van der Waals surface area contributed by atoms with Gasteiger partial charge in [0.1, 0.15) is 5.54 Å². The zero-order chi connectivity index (χ0) is 7.61. The van der Waals surface area contributed by atoms with Gasteiger partial charge >= 0.3 is 0 Å². The lowest BCUT2D eigenvalue weighted by molar-refractivity contribution is 0.470. The van der Waals surface area contributed by atoms with E-state index in [1.807, 2.05) is 42.9 Å². The van der Waals surface area contributed by atoms with E-state index in [9.17, 15) is 0 Å². The van der Waals surface area contributed by atoms with Gasteiger partial charge in [-0.25, -0.2) is 0 Å². The van der Waals surface area contributed by atoms with Crippen LogP contribution in [0.4, 0.5) is 0 Å². The van der Waals surface area contributed by atoms with Gasteiger partial charge < -0.3 is 4.57 Å². The van der Waals surface area contributed by atoms with E-state index in [0.717, 1.165) is 0 Å². The standard InChI is InChI=1S/C8H10N2/c1-8(2,7-9)10-5-3-4-6-10/h3-6H,1-2H3. The molecule has 10 heavy (non-hydrogen) atoms. The van der Waals surface area contributed by atoms with Gasteiger partial charge in [-0.1, -0.05) is 0 Å². The number of nitrogens with zero attached hydrogens (tertiary/aromatic N) is 2. The fourth-order valence-corrected chi connectivity index (χ4v) is 0.765. The van der Waals surface area contributed by atoms with Gasteiger partial charge in [0.25, 0.3) is 0 Å². The van der Waals surface area contributed by atoms with Crippen LogP contribution < -0.4 is 0 Å². The average molecular weight is 134 g/mol. The summed E-state index contributed by atoms with van der Waals surface area (Å²) < 4.78 is 1.88. The summed E-state index contributed by atoms with van der Waals surface area (Å²) in [7, 11) is 0. The molecule has 0 fully saturated rings. The molecule has 0 bridgehead atoms. The highest BCUT2D eigenvalue weighted by Crippen LogP contribution is 2.12. The molecular weight excluding hydrogens is 124 g/mol. The van der Waals surface area contributed by atoms with Crippen LogP contribution in [-0.2, 0) is 5.54 Å². The summed E-state index contributed by atoms with van der Waals surface area (Å²) in [5, 5.41) is 8.70. The minimum absolute atomic E-state index is 0.413. The van der Waals surface area contributed by atoms with Crippen LogP contribution in [0.3, 0.4) is 0 Å². The van der Waals surface area contributed by atoms with E-state index >= 15 is 0 Å². The molecule has 0 atom stereocenters. The summed E-state index contributed by atoms with van der Waals surface area (Å²) in [6, 6.07) is 6.04. The lowest BCUT2D eigenvalue weighted by Gasteiger charge is -2.16. The van der Waals surface area contributed by atoms with Crippen molar-refractivity contribution < 1.29 is 0 Å². The maximum atomic E-state index is 8.70. The maximum absolute atomic E-state index is 8.70. The van der Waals surface area contributed by atoms with Crippen molar-refractivity contribution in [3.63, 3.8) is 0 Å². The van der Waals surface area contributed by atoms with Crippen LogP contribution in [0.25, 0.3) is 0 Å². The van der Waals surface area contributed by atoms with E-state index in [1.54, 1.807) is 0 Å². The first-order valence-electron chi connectivity index (χ1n) is 3.21. The smallest absolute Gasteiger partial charge is 0.125 e. The second-order valence-electron chi connectivity index (χ2n) is 2.76. The fraction of sp³-hybridized carbons (Fsp3) is 0.375. The van der Waals surface area contributed by atoms with Crippen molar-refractivity contribution >= 4 is 0 Å². The zero-order valence-corrected chi connectivity index (χ0v) is 6.20. The first-order chi connectivity index (χ1) is 4.67. The number of hydrogen-bond donors (Lipinski definition) is 0. The third kappa shape index (κ3) is 1.03. The molecule has 1 aromatic rings. The predicted octanol–water partition coefficient (Wildman–Crippen LogP) is 1.75. The molecule has 2 heteroatoms. The van der Waals surface area contributed by atoms with E-state index in [-0.39, 0.29) is 0 Å². The Bertz CT molecular complexity index is 239. The molecule has 0 aliphatic rings. The molecule has 1 rings (SSSR count). The van der Waals surface area contributed by atoms with E-state index < -0.39 is 5.54 Å². The van der Waals surface area contributed by atoms with Gasteiger partial charge in [-0.3, -0.25) is 0 Å². The van der Waals surface area contributed by atoms with Crippen molar-refractivity contribution in [2.75, 3.05) is 0 Å². The second kappa shape index (κ2) is 2.18. The molecule has 52 valence electrons. The summed E-state index contributed by atoms with van der Waals surface area (Å²) in [6.07, 6.45) is 3.78. The summed E-state index contributed by atoms with van der Waals surface area (Å²) in [4.78, 5) is 0. The zero-order valence-electron chi connectivity index (χ0n) is 6.20. The minimum Gasteiger partial charge on any atom is -0.336 e. The summed E-state index contributed by atoms with van der Waals surface area (Å²) in [5.41, 5.74) is -0.413. The van der Waals surface area contributed by atoms with Crippen LogP contribution in [0, 0.1) is 11.3 Å². The molecule has 0 amide bonds. The normalized spacial score (nSPS) is 10.9. The van der Waals surface area contributed by atoms with Crippen LogP contribution in [0.1, 0.15) is 13.8 Å². The maximum Gasteiger partial charge on any atom is 0.125 e. The topological polar surface area (TPSA) is 28.7 Å². The van der Waals surface area contributed by atoms with Gasteiger partial charge in [0.2, 0.25) is 0 Å². The van der Waals surface area contributed by atoms with Crippen LogP contribution in [-0.4, -0.2) is 4.57 Å². The summed E-state index contributed by atoms with van der Waals surface area (Å²) in [6.45, 7) is 3.76. The molecule has 0 N–H and O–H groups in total. The van der Waals surface area contributed by atoms with Crippen molar-refractivity contribution in [3.8, 4) is 6.07 Å². The molecule has 0 saturated heterocycles. The molecular formula is C8H10N2. The molecule has 0 aliphatic heterocycles. The van der Waals surface area contributed by atoms with E-state index in [4.69, 9.17) is 5.26 Å². The van der Waals surface area contributed by atoms with Gasteiger partial charge in [-0.05, 0) is 26.0 Å². The lowest BCUT2D eigenvalue weighted by Crippen LogP contribution is -2.21. The highest BCUT2D eigenvalue weighted by molar-refractivity contribution is 5.04. The van der Waals surface area contributed by atoms with Crippen LogP contribution in [0.15, 0.2) is 24.5 Å². The highest BCUT2D eigenvalue weighted by atomic mass is 15.0. The molecule has 0 saturated carbocycles. The summed E-state index contributed by atoms with van der Waals surface area (Å²) >= 11 is 0. The van der Waals surface area contributed by atoms with Crippen molar-refractivity contribution in [2.24, 2.45) is 0 Å². The lowest BCUT2D eigenvalue weighted by atomic mass is 10.1. The number of rotatable bonds is 1. The Morgan fingerprint density at radius 1 is 1.30 bits per heavy atom. The molecule has 0 unspecified atom stereocenters. The van der Waals surface area contributed by atoms with Crippen molar-refractivity contribution in [1.82, 2.24) is 4.57 Å². The third-order valence-corrected chi connectivity index (χ3v) is 1.52. The number of aromatic nitrogens is 1. The minimum atomic E-state index is -0.413. The van der Waals surface area contributed by atoms with Gasteiger partial charge in [-0.15, -0.1) is 0 Å². The Hall–Kier alpha value is -1.23. The van der Waals surface area contributed by atoms with Gasteiger partial charge in [-0.2, -0.15) is 5.26 Å². The Labute approximate surface area is 60.7 Å². The molecule has 0 aromatic carbocycles.